The van der Waals surface area contributed by atoms with E-state index in [-0.39, 0.29) is 0 Å². The van der Waals surface area contributed by atoms with E-state index in [4.69, 9.17) is 0 Å². The van der Waals surface area contributed by atoms with Crippen LogP contribution in [-0.4, -0.2) is 9.78 Å². The summed E-state index contributed by atoms with van der Waals surface area (Å²) < 4.78 is 25.8. The van der Waals surface area contributed by atoms with Gasteiger partial charge in [0.15, 0.2) is 0 Å². The number of aromatic nitrogens is 2. The average molecular weight is 272 g/mol. The lowest BCUT2D eigenvalue weighted by Crippen LogP contribution is -2.02. The highest BCUT2D eigenvalue weighted by Gasteiger charge is 2.14. The van der Waals surface area contributed by atoms with E-state index < -0.39 is 6.55 Å². The molecule has 2 nitrogen and oxygen atoms in total. The fraction of sp³-hybridized carbons (Fsp3) is 0.500. The molecule has 0 radical (unpaired) electrons. The third-order valence-corrected chi connectivity index (χ3v) is 2.98. The Balaban J connectivity index is 3.19. The van der Waals surface area contributed by atoms with Crippen molar-refractivity contribution in [3.63, 3.8) is 0 Å². The molecular weight excluding hydrogens is 265 g/mol. The van der Waals surface area contributed by atoms with Gasteiger partial charge in [-0.15, -0.1) is 0 Å². The molecule has 0 aromatic carbocycles. The normalized spacial score (nSPS) is 11.1. The van der Waals surface area contributed by atoms with Crippen LogP contribution < -0.4 is 0 Å². The third kappa shape index (κ3) is 1.52. The van der Waals surface area contributed by atoms with Crippen LogP contribution in [-0.2, 0) is 0 Å². The molecule has 0 aliphatic carbocycles. The first-order valence-electron chi connectivity index (χ1n) is 3.03. The summed E-state index contributed by atoms with van der Waals surface area (Å²) in [5.41, 5.74) is 1.18. The van der Waals surface area contributed by atoms with E-state index in [9.17, 15) is 8.78 Å². The Kier molecular flexibility index (Phi) is 2.46. The molecule has 0 amide bonds. The van der Waals surface area contributed by atoms with E-state index in [1.807, 2.05) is 22.6 Å². The lowest BCUT2D eigenvalue weighted by molar-refractivity contribution is 0.0540. The molecule has 0 atom stereocenters. The second-order valence-electron chi connectivity index (χ2n) is 2.21. The van der Waals surface area contributed by atoms with Gasteiger partial charge in [-0.05, 0) is 36.4 Å². The fourth-order valence-corrected chi connectivity index (χ4v) is 1.19. The third-order valence-electron chi connectivity index (χ3n) is 1.42. The number of nitrogens with zero attached hydrogens (tertiary/aromatic N) is 2. The summed E-state index contributed by atoms with van der Waals surface area (Å²) in [6, 6.07) is 0. The lowest BCUT2D eigenvalue weighted by atomic mass is 10.4. The van der Waals surface area contributed by atoms with E-state index in [0.29, 0.717) is 11.4 Å². The zero-order chi connectivity index (χ0) is 8.59. The molecule has 0 saturated carbocycles. The van der Waals surface area contributed by atoms with Gasteiger partial charge in [-0.2, -0.15) is 13.9 Å². The van der Waals surface area contributed by atoms with Gasteiger partial charge < -0.3 is 0 Å². The topological polar surface area (TPSA) is 17.8 Å². The molecule has 1 aromatic heterocycles. The van der Waals surface area contributed by atoms with Gasteiger partial charge >= 0.3 is 6.55 Å². The maximum atomic E-state index is 12.1. The monoisotopic (exact) mass is 272 g/mol. The highest BCUT2D eigenvalue weighted by atomic mass is 127. The molecule has 0 unspecified atom stereocenters. The molecular formula is C6H7F2IN2. The minimum absolute atomic E-state index is 0.526. The van der Waals surface area contributed by atoms with Gasteiger partial charge in [0.25, 0.3) is 0 Å². The van der Waals surface area contributed by atoms with Crippen molar-refractivity contribution in [2.45, 2.75) is 20.4 Å². The summed E-state index contributed by atoms with van der Waals surface area (Å²) in [6.45, 7) is 0.818. The predicted molar refractivity (Wildman–Crippen MR) is 45.7 cm³/mol. The Morgan fingerprint density at radius 2 is 2.00 bits per heavy atom. The van der Waals surface area contributed by atoms with Gasteiger partial charge in [-0.3, -0.25) is 0 Å². The van der Waals surface area contributed by atoms with Gasteiger partial charge in [0, 0.05) is 0 Å². The van der Waals surface area contributed by atoms with Crippen molar-refractivity contribution in [3.05, 3.63) is 15.0 Å². The van der Waals surface area contributed by atoms with Crippen molar-refractivity contribution in [3.8, 4) is 0 Å². The predicted octanol–water partition coefficient (Wildman–Crippen LogP) is 2.50. The van der Waals surface area contributed by atoms with E-state index in [0.717, 1.165) is 8.25 Å². The van der Waals surface area contributed by atoms with Crippen molar-refractivity contribution < 1.29 is 8.78 Å². The van der Waals surface area contributed by atoms with Crippen molar-refractivity contribution in [1.82, 2.24) is 9.78 Å². The Labute approximate surface area is 76.7 Å². The van der Waals surface area contributed by atoms with Crippen LogP contribution in [0.5, 0.6) is 0 Å². The van der Waals surface area contributed by atoms with E-state index in [1.54, 1.807) is 13.8 Å². The summed E-state index contributed by atoms with van der Waals surface area (Å²) >= 11 is 2.01. The van der Waals surface area contributed by atoms with Crippen molar-refractivity contribution in [2.24, 2.45) is 0 Å². The van der Waals surface area contributed by atoms with Crippen LogP contribution >= 0.6 is 22.6 Å². The molecule has 0 spiro atoms. The fourth-order valence-electron chi connectivity index (χ4n) is 0.833. The first kappa shape index (κ1) is 8.89. The van der Waals surface area contributed by atoms with Gasteiger partial charge in [-0.25, -0.2) is 4.68 Å². The second kappa shape index (κ2) is 3.04. The molecule has 1 aromatic rings. The van der Waals surface area contributed by atoms with Crippen LogP contribution in [0.1, 0.15) is 17.9 Å². The number of hydrogen-bond donors (Lipinski definition) is 0. The van der Waals surface area contributed by atoms with Gasteiger partial charge in [-0.1, -0.05) is 0 Å². The summed E-state index contributed by atoms with van der Waals surface area (Å²) in [4.78, 5) is 0. The minimum atomic E-state index is -2.53. The molecule has 0 saturated heterocycles. The average Bonchev–Trinajstić information content (AvgIpc) is 2.17. The van der Waals surface area contributed by atoms with Crippen LogP contribution in [0, 0.1) is 17.4 Å². The van der Waals surface area contributed by atoms with Crippen LogP contribution in [0.3, 0.4) is 0 Å². The SMILES string of the molecule is Cc1nn(C(F)F)c(C)c1I. The molecule has 5 heteroatoms. The number of aryl methyl sites for hydroxylation is 1. The van der Waals surface area contributed by atoms with Crippen molar-refractivity contribution >= 4 is 22.6 Å². The highest BCUT2D eigenvalue weighted by molar-refractivity contribution is 14.1. The first-order chi connectivity index (χ1) is 5.04. The minimum Gasteiger partial charge on any atom is -0.207 e. The molecule has 1 heterocycles. The molecule has 0 aliphatic rings. The van der Waals surface area contributed by atoms with Crippen LogP contribution in [0.4, 0.5) is 8.78 Å². The zero-order valence-electron chi connectivity index (χ0n) is 6.11. The number of hydrogen-bond acceptors (Lipinski definition) is 1. The Bertz CT molecular complexity index is 270. The van der Waals surface area contributed by atoms with Gasteiger partial charge in [0.1, 0.15) is 0 Å². The first-order valence-corrected chi connectivity index (χ1v) is 4.11. The van der Waals surface area contributed by atoms with Gasteiger partial charge in [0.05, 0.1) is 15.0 Å². The smallest absolute Gasteiger partial charge is 0.207 e. The largest absolute Gasteiger partial charge is 0.333 e. The maximum absolute atomic E-state index is 12.1. The summed E-state index contributed by atoms with van der Waals surface area (Å²) in [5, 5.41) is 3.67. The molecule has 1 rings (SSSR count). The summed E-state index contributed by atoms with van der Waals surface area (Å²) in [7, 11) is 0. The Hall–Kier alpha value is -0.200. The van der Waals surface area contributed by atoms with E-state index in [2.05, 4.69) is 5.10 Å². The number of rotatable bonds is 1. The second-order valence-corrected chi connectivity index (χ2v) is 3.29. The molecule has 11 heavy (non-hydrogen) atoms. The van der Waals surface area contributed by atoms with Gasteiger partial charge in [0.2, 0.25) is 0 Å². The Morgan fingerprint density at radius 1 is 1.45 bits per heavy atom. The van der Waals surface area contributed by atoms with E-state index >= 15 is 0 Å². The number of halogens is 3. The van der Waals surface area contributed by atoms with Crippen LogP contribution in [0.15, 0.2) is 0 Å². The van der Waals surface area contributed by atoms with Crippen LogP contribution in [0.25, 0.3) is 0 Å². The summed E-state index contributed by atoms with van der Waals surface area (Å²) in [5.74, 6) is 0. The lowest BCUT2D eigenvalue weighted by Gasteiger charge is -1.99. The molecule has 0 fully saturated rings. The van der Waals surface area contributed by atoms with E-state index in [1.165, 1.54) is 0 Å². The number of alkyl halides is 2. The standard InChI is InChI=1S/C6H7F2IN2/c1-3-5(9)4(2)11(10-3)6(7)8/h6H,1-2H3. The Morgan fingerprint density at radius 3 is 2.18 bits per heavy atom. The van der Waals surface area contributed by atoms with Crippen LogP contribution in [0.2, 0.25) is 0 Å². The molecule has 0 N–H and O–H groups in total. The quantitative estimate of drug-likeness (QED) is 0.718. The molecule has 62 valence electrons. The zero-order valence-corrected chi connectivity index (χ0v) is 8.26. The highest BCUT2D eigenvalue weighted by Crippen LogP contribution is 2.20. The van der Waals surface area contributed by atoms with Crippen molar-refractivity contribution in [1.29, 1.82) is 0 Å². The molecule has 0 bridgehead atoms. The van der Waals surface area contributed by atoms with Crippen molar-refractivity contribution in [2.75, 3.05) is 0 Å². The maximum Gasteiger partial charge on any atom is 0.333 e. The summed E-state index contributed by atoms with van der Waals surface area (Å²) in [6.07, 6.45) is 0. The molecule has 0 aliphatic heterocycles.